The third kappa shape index (κ3) is 5.15. The molecular weight excluding hydrogens is 224 g/mol. The Morgan fingerprint density at radius 2 is 2.06 bits per heavy atom. The van der Waals surface area contributed by atoms with Crippen LogP contribution in [-0.2, 0) is 4.79 Å². The van der Waals surface area contributed by atoms with Gasteiger partial charge in [0.05, 0.1) is 0 Å². The normalized spacial score (nSPS) is 14.9. The van der Waals surface area contributed by atoms with E-state index in [1.807, 2.05) is 18.2 Å². The molecule has 2 N–H and O–H groups in total. The number of carbonyl (C=O) groups excluding carboxylic acids is 1. The van der Waals surface area contributed by atoms with Crippen LogP contribution in [-0.4, -0.2) is 25.0 Å². The van der Waals surface area contributed by atoms with Crippen LogP contribution in [0.25, 0.3) is 6.08 Å². The van der Waals surface area contributed by atoms with Gasteiger partial charge in [-0.15, -0.1) is 0 Å². The van der Waals surface area contributed by atoms with Crippen molar-refractivity contribution in [2.24, 2.45) is 0 Å². The van der Waals surface area contributed by atoms with Crippen LogP contribution in [0.1, 0.15) is 24.8 Å². The third-order valence-electron chi connectivity index (χ3n) is 2.84. The quantitative estimate of drug-likeness (QED) is 0.720. The Hall–Kier alpha value is -1.61. The summed E-state index contributed by atoms with van der Waals surface area (Å²) in [5.74, 6) is 0.164. The number of rotatable bonds is 7. The molecule has 1 aliphatic rings. The highest BCUT2D eigenvalue weighted by Gasteiger charge is 2.22. The molecule has 0 saturated heterocycles. The van der Waals surface area contributed by atoms with Gasteiger partial charge in [-0.3, -0.25) is 4.79 Å². The van der Waals surface area contributed by atoms with Gasteiger partial charge < -0.3 is 10.6 Å². The fourth-order valence-electron chi connectivity index (χ4n) is 1.67. The van der Waals surface area contributed by atoms with Gasteiger partial charge in [-0.25, -0.2) is 0 Å². The molecule has 96 valence electrons. The number of nitrogens with one attached hydrogen (secondary N) is 2. The molecule has 1 aromatic carbocycles. The van der Waals surface area contributed by atoms with Gasteiger partial charge in [-0.05, 0) is 18.4 Å². The summed E-state index contributed by atoms with van der Waals surface area (Å²) in [7, 11) is 0. The molecule has 0 aliphatic heterocycles. The van der Waals surface area contributed by atoms with Gasteiger partial charge in [-0.1, -0.05) is 42.5 Å². The van der Waals surface area contributed by atoms with Crippen LogP contribution in [0.2, 0.25) is 0 Å². The van der Waals surface area contributed by atoms with E-state index in [1.54, 1.807) is 0 Å². The van der Waals surface area contributed by atoms with Gasteiger partial charge in [0.25, 0.3) is 0 Å². The van der Waals surface area contributed by atoms with Crippen LogP contribution in [0.5, 0.6) is 0 Å². The molecule has 0 spiro atoms. The summed E-state index contributed by atoms with van der Waals surface area (Å²) in [6.45, 7) is 1.53. The van der Waals surface area contributed by atoms with Crippen molar-refractivity contribution in [2.75, 3.05) is 13.1 Å². The second-order valence-corrected chi connectivity index (χ2v) is 4.61. The average Bonchev–Trinajstić information content (AvgIpc) is 3.19. The summed E-state index contributed by atoms with van der Waals surface area (Å²) in [5.41, 5.74) is 1.20. The molecule has 1 aliphatic carbocycles. The molecule has 1 amide bonds. The van der Waals surface area contributed by atoms with Gasteiger partial charge in [0, 0.05) is 25.6 Å². The van der Waals surface area contributed by atoms with Crippen LogP contribution in [0, 0.1) is 0 Å². The Labute approximate surface area is 108 Å². The Morgan fingerprint density at radius 3 is 2.78 bits per heavy atom. The topological polar surface area (TPSA) is 41.1 Å². The van der Waals surface area contributed by atoms with E-state index in [-0.39, 0.29) is 5.91 Å². The Balaban J connectivity index is 1.53. The van der Waals surface area contributed by atoms with Gasteiger partial charge in [0.2, 0.25) is 5.91 Å². The summed E-state index contributed by atoms with van der Waals surface area (Å²) >= 11 is 0. The first kappa shape index (κ1) is 12.8. The lowest BCUT2D eigenvalue weighted by atomic mass is 10.2. The van der Waals surface area contributed by atoms with Crippen molar-refractivity contribution < 1.29 is 4.79 Å². The summed E-state index contributed by atoms with van der Waals surface area (Å²) in [6.07, 6.45) is 7.03. The largest absolute Gasteiger partial charge is 0.353 e. The lowest BCUT2D eigenvalue weighted by molar-refractivity contribution is -0.121. The van der Waals surface area contributed by atoms with E-state index >= 15 is 0 Å². The van der Waals surface area contributed by atoms with Crippen LogP contribution in [0.15, 0.2) is 36.4 Å². The molecule has 1 fully saturated rings. The van der Waals surface area contributed by atoms with Gasteiger partial charge >= 0.3 is 0 Å². The maximum atomic E-state index is 11.4. The van der Waals surface area contributed by atoms with Gasteiger partial charge in [0.15, 0.2) is 0 Å². The summed E-state index contributed by atoms with van der Waals surface area (Å²) in [6, 6.07) is 10.7. The molecule has 18 heavy (non-hydrogen) atoms. The number of hydrogen-bond donors (Lipinski definition) is 2. The first-order valence-corrected chi connectivity index (χ1v) is 6.56. The van der Waals surface area contributed by atoms with Crippen molar-refractivity contribution in [2.45, 2.75) is 25.3 Å². The summed E-state index contributed by atoms with van der Waals surface area (Å²) < 4.78 is 0. The monoisotopic (exact) mass is 244 g/mol. The minimum atomic E-state index is 0.164. The Morgan fingerprint density at radius 1 is 1.28 bits per heavy atom. The Kier molecular flexibility index (Phi) is 4.97. The standard InChI is InChI=1S/C15H20N2O/c18-15(17-14-8-9-14)10-12-16-11-4-7-13-5-2-1-3-6-13/h1-7,14,16H,8-12H2,(H,17,18). The van der Waals surface area contributed by atoms with E-state index in [0.29, 0.717) is 12.5 Å². The zero-order chi connectivity index (χ0) is 12.6. The Bertz CT molecular complexity index is 396. The fourth-order valence-corrected chi connectivity index (χ4v) is 1.67. The predicted molar refractivity (Wildman–Crippen MR) is 74.1 cm³/mol. The van der Waals surface area contributed by atoms with Crippen LogP contribution >= 0.6 is 0 Å². The van der Waals surface area contributed by atoms with Gasteiger partial charge in [-0.2, -0.15) is 0 Å². The maximum absolute atomic E-state index is 11.4. The van der Waals surface area contributed by atoms with Crippen molar-refractivity contribution in [1.29, 1.82) is 0 Å². The highest BCUT2D eigenvalue weighted by molar-refractivity contribution is 5.76. The van der Waals surface area contributed by atoms with Crippen molar-refractivity contribution in [3.63, 3.8) is 0 Å². The zero-order valence-electron chi connectivity index (χ0n) is 10.6. The molecule has 2 rings (SSSR count). The van der Waals surface area contributed by atoms with E-state index in [9.17, 15) is 4.79 Å². The molecule has 1 saturated carbocycles. The fraction of sp³-hybridized carbons (Fsp3) is 0.400. The minimum Gasteiger partial charge on any atom is -0.353 e. The molecule has 0 radical (unpaired) electrons. The van der Waals surface area contributed by atoms with Crippen LogP contribution in [0.4, 0.5) is 0 Å². The maximum Gasteiger partial charge on any atom is 0.221 e. The molecule has 3 heteroatoms. The number of carbonyl (C=O) groups is 1. The molecule has 0 bridgehead atoms. The highest BCUT2D eigenvalue weighted by atomic mass is 16.1. The van der Waals surface area contributed by atoms with Crippen molar-refractivity contribution in [1.82, 2.24) is 10.6 Å². The number of benzene rings is 1. The molecule has 1 aromatic rings. The summed E-state index contributed by atoms with van der Waals surface area (Å²) in [5, 5.41) is 6.21. The molecule has 0 aromatic heterocycles. The molecular formula is C15H20N2O. The van der Waals surface area contributed by atoms with Crippen molar-refractivity contribution >= 4 is 12.0 Å². The smallest absolute Gasteiger partial charge is 0.221 e. The second-order valence-electron chi connectivity index (χ2n) is 4.61. The second kappa shape index (κ2) is 6.97. The number of amides is 1. The first-order chi connectivity index (χ1) is 8.84. The molecule has 3 nitrogen and oxygen atoms in total. The number of hydrogen-bond acceptors (Lipinski definition) is 2. The average molecular weight is 244 g/mol. The van der Waals surface area contributed by atoms with E-state index in [1.165, 1.54) is 5.56 Å². The minimum absolute atomic E-state index is 0.164. The lowest BCUT2D eigenvalue weighted by Crippen LogP contribution is -2.29. The summed E-state index contributed by atoms with van der Waals surface area (Å²) in [4.78, 5) is 11.4. The lowest BCUT2D eigenvalue weighted by Gasteiger charge is -2.03. The highest BCUT2D eigenvalue weighted by Crippen LogP contribution is 2.18. The first-order valence-electron chi connectivity index (χ1n) is 6.56. The van der Waals surface area contributed by atoms with E-state index in [0.717, 1.165) is 25.9 Å². The molecule has 0 heterocycles. The molecule has 0 atom stereocenters. The van der Waals surface area contributed by atoms with E-state index < -0.39 is 0 Å². The molecule has 0 unspecified atom stereocenters. The van der Waals surface area contributed by atoms with Crippen LogP contribution in [0.3, 0.4) is 0 Å². The zero-order valence-corrected chi connectivity index (χ0v) is 10.6. The van der Waals surface area contributed by atoms with E-state index in [2.05, 4.69) is 34.9 Å². The predicted octanol–water partition coefficient (Wildman–Crippen LogP) is 1.96. The van der Waals surface area contributed by atoms with E-state index in [4.69, 9.17) is 0 Å². The third-order valence-corrected chi connectivity index (χ3v) is 2.84. The SMILES string of the molecule is O=C(CCNCC=Cc1ccccc1)NC1CC1. The van der Waals surface area contributed by atoms with Crippen molar-refractivity contribution in [3.8, 4) is 0 Å². The van der Waals surface area contributed by atoms with Gasteiger partial charge in [0.1, 0.15) is 0 Å². The van der Waals surface area contributed by atoms with Crippen LogP contribution < -0.4 is 10.6 Å². The van der Waals surface area contributed by atoms with Crippen molar-refractivity contribution in [3.05, 3.63) is 42.0 Å².